The van der Waals surface area contributed by atoms with Crippen molar-refractivity contribution >= 4 is 63.3 Å². The molecule has 0 amide bonds. The molecule has 30 heavy (non-hydrogen) atoms. The molecule has 0 aromatic heterocycles. The molecule has 0 unspecified atom stereocenters. The second-order valence-electron chi connectivity index (χ2n) is 5.90. The standard InChI is InChI=1S/C13H10BrClF5NO6S3/c1-28(24,25)10-5-7(30(16,17,18,19)20)4-9(13(10)23)21-29(26,27)11-3-6(14)2-8(15)12(11)22/h2-5,21-23H,1H3. The van der Waals surface area contributed by atoms with Gasteiger partial charge in [-0.25, -0.2) is 16.8 Å². The largest absolute Gasteiger partial charge is 0.505 e. The zero-order valence-corrected chi connectivity index (χ0v) is 19.0. The molecule has 0 saturated heterocycles. The Morgan fingerprint density at radius 1 is 0.933 bits per heavy atom. The Hall–Kier alpha value is -1.49. The number of halogens is 7. The molecule has 0 saturated carbocycles. The monoisotopic (exact) mass is 581 g/mol. The molecule has 7 nitrogen and oxygen atoms in total. The molecule has 0 spiro atoms. The van der Waals surface area contributed by atoms with Crippen LogP contribution in [0.5, 0.6) is 11.5 Å². The fourth-order valence-corrected chi connectivity index (χ4v) is 5.89. The topological polar surface area (TPSA) is 121 Å². The Labute approximate surface area is 180 Å². The molecular formula is C13H10BrClF5NO6S3. The number of benzene rings is 2. The number of hydrogen-bond acceptors (Lipinski definition) is 6. The molecule has 0 radical (unpaired) electrons. The molecule has 0 aliphatic carbocycles. The average molecular weight is 583 g/mol. The van der Waals surface area contributed by atoms with Crippen molar-refractivity contribution in [2.24, 2.45) is 0 Å². The van der Waals surface area contributed by atoms with Crippen LogP contribution in [0.3, 0.4) is 0 Å². The van der Waals surface area contributed by atoms with E-state index in [4.69, 9.17) is 11.6 Å². The van der Waals surface area contributed by atoms with Gasteiger partial charge in [0.25, 0.3) is 10.0 Å². The minimum absolute atomic E-state index is 0.00693. The van der Waals surface area contributed by atoms with Gasteiger partial charge in [-0.1, -0.05) is 47.0 Å². The first-order chi connectivity index (χ1) is 13.0. The molecule has 2 rings (SSSR count). The van der Waals surface area contributed by atoms with Gasteiger partial charge in [-0.2, -0.15) is 0 Å². The van der Waals surface area contributed by atoms with Crippen LogP contribution in [0, 0.1) is 0 Å². The maximum absolute atomic E-state index is 13.2. The number of anilines is 1. The number of aromatic hydroxyl groups is 2. The molecule has 0 bridgehead atoms. The lowest BCUT2D eigenvalue weighted by Crippen LogP contribution is -2.16. The van der Waals surface area contributed by atoms with Gasteiger partial charge in [-0.15, -0.1) is 0 Å². The Bertz CT molecular complexity index is 1280. The lowest BCUT2D eigenvalue weighted by Gasteiger charge is -2.40. The fourth-order valence-electron chi connectivity index (χ4n) is 2.11. The summed E-state index contributed by atoms with van der Waals surface area (Å²) in [5.41, 5.74) is -1.52. The predicted octanol–water partition coefficient (Wildman–Crippen LogP) is 5.38. The summed E-state index contributed by atoms with van der Waals surface area (Å²) < 4.78 is 116. The molecule has 0 fully saturated rings. The number of hydrogen-bond donors (Lipinski definition) is 3. The van der Waals surface area contributed by atoms with Crippen LogP contribution in [0.1, 0.15) is 0 Å². The summed E-state index contributed by atoms with van der Waals surface area (Å²) in [6.45, 7) is 0. The number of rotatable bonds is 5. The molecule has 0 atom stereocenters. The van der Waals surface area contributed by atoms with Crippen LogP contribution in [0.4, 0.5) is 25.1 Å². The molecule has 0 heterocycles. The van der Waals surface area contributed by atoms with Crippen molar-refractivity contribution in [2.45, 2.75) is 14.7 Å². The van der Waals surface area contributed by atoms with E-state index in [1.54, 1.807) is 0 Å². The Balaban J connectivity index is 2.83. The number of phenolic OH excluding ortho intramolecular Hbond substituents is 2. The highest BCUT2D eigenvalue weighted by Gasteiger charge is 2.66. The number of phenols is 2. The summed E-state index contributed by atoms with van der Waals surface area (Å²) in [7, 11) is -20.2. The van der Waals surface area contributed by atoms with E-state index >= 15 is 0 Å². The van der Waals surface area contributed by atoms with Crippen LogP contribution in [-0.4, -0.2) is 33.3 Å². The van der Waals surface area contributed by atoms with Crippen molar-refractivity contribution in [2.75, 3.05) is 11.0 Å². The summed E-state index contributed by atoms with van der Waals surface area (Å²) in [6, 6.07) is 0.882. The smallest absolute Gasteiger partial charge is 0.310 e. The van der Waals surface area contributed by atoms with Crippen LogP contribution < -0.4 is 4.72 Å². The zero-order chi connectivity index (χ0) is 23.6. The minimum atomic E-state index is -10.5. The van der Waals surface area contributed by atoms with E-state index in [0.29, 0.717) is 6.26 Å². The van der Waals surface area contributed by atoms with Gasteiger partial charge in [0.2, 0.25) is 0 Å². The first-order valence-electron chi connectivity index (χ1n) is 7.05. The lowest BCUT2D eigenvalue weighted by molar-refractivity contribution is 0.363. The van der Waals surface area contributed by atoms with Crippen molar-refractivity contribution in [3.8, 4) is 11.5 Å². The van der Waals surface area contributed by atoms with E-state index in [1.165, 1.54) is 4.72 Å². The summed E-state index contributed by atoms with van der Waals surface area (Å²) >= 11 is 8.49. The van der Waals surface area contributed by atoms with Gasteiger partial charge < -0.3 is 10.2 Å². The van der Waals surface area contributed by atoms with Crippen molar-refractivity contribution in [1.82, 2.24) is 0 Å². The van der Waals surface area contributed by atoms with E-state index in [-0.39, 0.29) is 4.47 Å². The van der Waals surface area contributed by atoms with Crippen molar-refractivity contribution in [1.29, 1.82) is 0 Å². The highest BCUT2D eigenvalue weighted by atomic mass is 79.9. The molecule has 0 aliphatic rings. The van der Waals surface area contributed by atoms with Crippen LogP contribution in [0.15, 0.2) is 43.4 Å². The second-order valence-corrected chi connectivity index (χ2v) is 13.3. The van der Waals surface area contributed by atoms with Crippen molar-refractivity contribution in [3.05, 3.63) is 33.8 Å². The Morgan fingerprint density at radius 3 is 1.93 bits per heavy atom. The summed E-state index contributed by atoms with van der Waals surface area (Å²) in [5.74, 6) is -2.61. The molecule has 3 N–H and O–H groups in total. The predicted molar refractivity (Wildman–Crippen MR) is 104 cm³/mol. The van der Waals surface area contributed by atoms with Gasteiger partial charge in [0, 0.05) is 10.7 Å². The number of sulfonamides is 1. The quantitative estimate of drug-likeness (QED) is 0.322. The number of nitrogens with one attached hydrogen (secondary N) is 1. The lowest BCUT2D eigenvalue weighted by atomic mass is 10.3. The van der Waals surface area contributed by atoms with Crippen LogP contribution in [0.25, 0.3) is 0 Å². The molecule has 0 aliphatic heterocycles. The molecular weight excluding hydrogens is 573 g/mol. The molecule has 17 heteroatoms. The van der Waals surface area contributed by atoms with Gasteiger partial charge >= 0.3 is 10.2 Å². The third-order valence-corrected chi connectivity index (χ3v) is 7.78. The highest BCUT2D eigenvalue weighted by Crippen LogP contribution is 3.02. The molecule has 2 aromatic carbocycles. The van der Waals surface area contributed by atoms with Crippen LogP contribution in [0.2, 0.25) is 5.02 Å². The molecule has 170 valence electrons. The minimum Gasteiger partial charge on any atom is -0.505 e. The van der Waals surface area contributed by atoms with Crippen molar-refractivity contribution in [3.63, 3.8) is 0 Å². The third-order valence-electron chi connectivity index (χ3n) is 3.42. The van der Waals surface area contributed by atoms with E-state index in [9.17, 15) is 46.5 Å². The van der Waals surface area contributed by atoms with Gasteiger partial charge in [0.1, 0.15) is 14.7 Å². The normalized spacial score (nSPS) is 15.3. The van der Waals surface area contributed by atoms with E-state index in [0.717, 1.165) is 12.1 Å². The summed E-state index contributed by atoms with van der Waals surface area (Å²) in [6.07, 6.45) is 0.315. The first kappa shape index (κ1) is 24.8. The van der Waals surface area contributed by atoms with E-state index in [2.05, 4.69) is 15.9 Å². The summed E-state index contributed by atoms with van der Waals surface area (Å²) in [4.78, 5) is -5.36. The third kappa shape index (κ3) is 5.22. The fraction of sp³-hybridized carbons (Fsp3) is 0.0769. The first-order valence-corrected chi connectivity index (χ1v) is 13.5. The Kier molecular flexibility index (Phi) is 5.37. The highest BCUT2D eigenvalue weighted by molar-refractivity contribution is 9.10. The maximum Gasteiger partial charge on any atom is 0.310 e. The van der Waals surface area contributed by atoms with E-state index < -0.39 is 79.1 Å². The zero-order valence-electron chi connectivity index (χ0n) is 14.2. The Morgan fingerprint density at radius 2 is 1.47 bits per heavy atom. The SMILES string of the molecule is CS(=O)(=O)c1cc(S(F)(F)(F)(F)F)cc(NS(=O)(=O)c2cc(Br)cc(Cl)c2O)c1O. The van der Waals surface area contributed by atoms with E-state index in [1.807, 2.05) is 0 Å². The average Bonchev–Trinajstić information content (AvgIpc) is 2.48. The van der Waals surface area contributed by atoms with Crippen molar-refractivity contribution < 1.29 is 46.5 Å². The van der Waals surface area contributed by atoms with Crippen LogP contribution >= 0.6 is 37.8 Å². The summed E-state index contributed by atoms with van der Waals surface area (Å²) in [5, 5.41) is 19.3. The van der Waals surface area contributed by atoms with Gasteiger partial charge in [-0.3, -0.25) is 4.72 Å². The number of sulfone groups is 1. The van der Waals surface area contributed by atoms with Gasteiger partial charge in [0.05, 0.1) is 10.7 Å². The maximum atomic E-state index is 13.2. The van der Waals surface area contributed by atoms with Crippen LogP contribution in [-0.2, 0) is 19.9 Å². The van der Waals surface area contributed by atoms with Gasteiger partial charge in [0.15, 0.2) is 21.3 Å². The molecule has 2 aromatic rings. The second kappa shape index (κ2) is 6.51. The van der Waals surface area contributed by atoms with Gasteiger partial charge in [-0.05, 0) is 24.3 Å².